The summed E-state index contributed by atoms with van der Waals surface area (Å²) < 4.78 is 0.293. The van der Waals surface area contributed by atoms with Crippen LogP contribution < -0.4 is 0 Å². The van der Waals surface area contributed by atoms with Gasteiger partial charge in [0.05, 0.1) is 0 Å². The van der Waals surface area contributed by atoms with Crippen LogP contribution in [0, 0.1) is 0 Å². The fourth-order valence-corrected chi connectivity index (χ4v) is 8.78. The van der Waals surface area contributed by atoms with Gasteiger partial charge in [-0.1, -0.05) is 0 Å². The molecule has 2 aromatic carbocycles. The first kappa shape index (κ1) is 16.5. The van der Waals surface area contributed by atoms with Crippen LogP contribution in [0.15, 0.2) is 48.0 Å². The summed E-state index contributed by atoms with van der Waals surface area (Å²) in [5.74, 6) is 0.493. The van der Waals surface area contributed by atoms with Crippen LogP contribution in [0.2, 0.25) is 0 Å². The molecule has 0 amide bonds. The van der Waals surface area contributed by atoms with Crippen molar-refractivity contribution in [1.82, 2.24) is 0 Å². The third-order valence-corrected chi connectivity index (χ3v) is 9.88. The van der Waals surface area contributed by atoms with Crippen molar-refractivity contribution in [2.24, 2.45) is 0 Å². The molecule has 0 bridgehead atoms. The minimum atomic E-state index is -2.39. The number of hydrogen-bond donors (Lipinski definition) is 0. The maximum absolute atomic E-state index is 6.46. The van der Waals surface area contributed by atoms with Crippen LogP contribution in [0.5, 0.6) is 0 Å². The van der Waals surface area contributed by atoms with Gasteiger partial charge < -0.3 is 0 Å². The van der Waals surface area contributed by atoms with Gasteiger partial charge in [-0.15, -0.1) is 0 Å². The summed E-state index contributed by atoms with van der Waals surface area (Å²) in [7, 11) is 12.9. The van der Waals surface area contributed by atoms with E-state index in [-0.39, 0.29) is 0 Å². The summed E-state index contributed by atoms with van der Waals surface area (Å²) in [6.07, 6.45) is 2.29. The average Bonchev–Trinajstić information content (AvgIpc) is 2.82. The second kappa shape index (κ2) is 6.64. The van der Waals surface area contributed by atoms with E-state index >= 15 is 0 Å². The Balaban J connectivity index is 2.25. The molecular formula is C19H19Cl2Zr. The topological polar surface area (TPSA) is 0 Å². The number of hydrogen-bond acceptors (Lipinski definition) is 0. The number of fused-ring (bicyclic) bond motifs is 1. The zero-order valence-corrected chi connectivity index (χ0v) is 17.0. The van der Waals surface area contributed by atoms with Gasteiger partial charge in [0.25, 0.3) is 0 Å². The van der Waals surface area contributed by atoms with Gasteiger partial charge in [-0.05, 0) is 0 Å². The first-order chi connectivity index (χ1) is 10.5. The second-order valence-corrected chi connectivity index (χ2v) is 15.0. The van der Waals surface area contributed by atoms with Crippen molar-refractivity contribution in [3.8, 4) is 11.1 Å². The fraction of sp³-hybridized carbons (Fsp3) is 0.263. The second-order valence-electron chi connectivity index (χ2n) is 6.20. The molecule has 1 aliphatic rings. The molecule has 0 nitrogen and oxygen atoms in total. The average molecular weight is 409 g/mol. The van der Waals surface area contributed by atoms with Crippen molar-refractivity contribution in [1.29, 1.82) is 0 Å². The van der Waals surface area contributed by atoms with Gasteiger partial charge in [-0.2, -0.15) is 0 Å². The van der Waals surface area contributed by atoms with Crippen molar-refractivity contribution >= 4 is 23.1 Å². The Kier molecular flexibility index (Phi) is 4.98. The van der Waals surface area contributed by atoms with E-state index in [2.05, 4.69) is 69.3 Å². The molecule has 3 rings (SSSR count). The van der Waals surface area contributed by atoms with Crippen LogP contribution in [-0.2, 0) is 19.4 Å². The van der Waals surface area contributed by atoms with E-state index in [0.717, 1.165) is 0 Å². The SMILES string of the molecule is CC1=Cc2c(-c3ccccc3)cc(C(C)C)cc2[CH]1[Zr]([Cl])[Cl]. The zero-order chi connectivity index (χ0) is 15.9. The quantitative estimate of drug-likeness (QED) is 0.519. The molecule has 0 fully saturated rings. The fourth-order valence-electron chi connectivity index (χ4n) is 3.13. The summed E-state index contributed by atoms with van der Waals surface area (Å²) in [5, 5.41) is 0. The Labute approximate surface area is 147 Å². The molecule has 0 aliphatic heterocycles. The van der Waals surface area contributed by atoms with Gasteiger partial charge in [-0.3, -0.25) is 0 Å². The van der Waals surface area contributed by atoms with E-state index in [4.69, 9.17) is 17.0 Å². The van der Waals surface area contributed by atoms with Crippen molar-refractivity contribution in [2.45, 2.75) is 30.3 Å². The molecule has 3 heteroatoms. The van der Waals surface area contributed by atoms with Crippen molar-refractivity contribution in [3.05, 3.63) is 64.7 Å². The van der Waals surface area contributed by atoms with Crippen LogP contribution in [0.3, 0.4) is 0 Å². The van der Waals surface area contributed by atoms with Gasteiger partial charge >= 0.3 is 149 Å². The molecule has 1 aliphatic carbocycles. The van der Waals surface area contributed by atoms with Crippen LogP contribution in [0.4, 0.5) is 0 Å². The molecule has 113 valence electrons. The normalized spacial score (nSPS) is 16.6. The first-order valence-corrected chi connectivity index (χ1v) is 15.3. The molecule has 1 atom stereocenters. The van der Waals surface area contributed by atoms with E-state index in [1.807, 2.05) is 0 Å². The third kappa shape index (κ3) is 3.01. The van der Waals surface area contributed by atoms with Gasteiger partial charge in [0, 0.05) is 0 Å². The number of halogens is 2. The van der Waals surface area contributed by atoms with Crippen LogP contribution in [-0.4, -0.2) is 0 Å². The van der Waals surface area contributed by atoms with E-state index in [9.17, 15) is 0 Å². The van der Waals surface area contributed by atoms with Crippen molar-refractivity contribution in [2.75, 3.05) is 0 Å². The standard InChI is InChI=1S/C19H19.2ClH.Zr/c1-13(2)16-11-17-9-14(3)10-18(17)19(12-16)15-7-5-4-6-8-15;;;/h4-13H,1-3H3;2*1H;/q;;;+2/p-2. The number of allylic oxidation sites excluding steroid dienone is 1. The predicted molar refractivity (Wildman–Crippen MR) is 94.1 cm³/mol. The zero-order valence-electron chi connectivity index (χ0n) is 13.0. The summed E-state index contributed by atoms with van der Waals surface area (Å²) >= 11 is -2.39. The summed E-state index contributed by atoms with van der Waals surface area (Å²) in [5.41, 5.74) is 7.93. The predicted octanol–water partition coefficient (Wildman–Crippen LogP) is 6.86. The summed E-state index contributed by atoms with van der Waals surface area (Å²) in [6, 6.07) is 15.3. The van der Waals surface area contributed by atoms with Gasteiger partial charge in [0.2, 0.25) is 0 Å². The summed E-state index contributed by atoms with van der Waals surface area (Å²) in [6.45, 7) is 6.64. The Morgan fingerprint density at radius 2 is 1.73 bits per heavy atom. The number of rotatable bonds is 3. The molecule has 0 heterocycles. The molecule has 22 heavy (non-hydrogen) atoms. The molecule has 0 radical (unpaired) electrons. The van der Waals surface area contributed by atoms with Crippen molar-refractivity contribution < 1.29 is 19.4 Å². The molecule has 2 aromatic rings. The third-order valence-electron chi connectivity index (χ3n) is 4.34. The van der Waals surface area contributed by atoms with Gasteiger partial charge in [0.15, 0.2) is 0 Å². The number of benzene rings is 2. The molecule has 0 aromatic heterocycles. The Bertz CT molecular complexity index is 718. The van der Waals surface area contributed by atoms with Gasteiger partial charge in [0.1, 0.15) is 0 Å². The van der Waals surface area contributed by atoms with Crippen molar-refractivity contribution in [3.63, 3.8) is 0 Å². The summed E-state index contributed by atoms with van der Waals surface area (Å²) in [4.78, 5) is 0. The Hall–Kier alpha value is -0.357. The van der Waals surface area contributed by atoms with E-state index in [1.54, 1.807) is 0 Å². The van der Waals surface area contributed by atoms with Crippen LogP contribution >= 0.6 is 17.0 Å². The van der Waals surface area contributed by atoms with E-state index in [1.165, 1.54) is 33.4 Å². The Morgan fingerprint density at radius 1 is 1.05 bits per heavy atom. The first-order valence-electron chi connectivity index (χ1n) is 7.58. The van der Waals surface area contributed by atoms with Gasteiger partial charge in [-0.25, -0.2) is 0 Å². The monoisotopic (exact) mass is 407 g/mol. The Morgan fingerprint density at radius 3 is 2.32 bits per heavy atom. The minimum absolute atomic E-state index is 0.293. The molecule has 0 N–H and O–H groups in total. The van der Waals surface area contributed by atoms with Crippen LogP contribution in [0.25, 0.3) is 17.2 Å². The molecule has 1 unspecified atom stereocenters. The van der Waals surface area contributed by atoms with Crippen LogP contribution in [0.1, 0.15) is 47.0 Å². The molecule has 0 saturated carbocycles. The molecule has 0 saturated heterocycles. The van der Waals surface area contributed by atoms with E-state index in [0.29, 0.717) is 9.54 Å². The molecular weight excluding hydrogens is 390 g/mol. The van der Waals surface area contributed by atoms with E-state index < -0.39 is 19.4 Å². The maximum atomic E-state index is 6.46. The molecule has 0 spiro atoms.